The molecule has 0 radical (unpaired) electrons. The Hall–Kier alpha value is -1.94. The van der Waals surface area contributed by atoms with Crippen LogP contribution in [0.3, 0.4) is 0 Å². The van der Waals surface area contributed by atoms with Crippen LogP contribution in [0.25, 0.3) is 0 Å². The summed E-state index contributed by atoms with van der Waals surface area (Å²) in [4.78, 5) is 72.4. The van der Waals surface area contributed by atoms with Gasteiger partial charge in [-0.3, -0.25) is 37.3 Å². The van der Waals surface area contributed by atoms with Crippen molar-refractivity contribution in [3.05, 3.63) is 0 Å². The fraction of sp³-hybridized carbons (Fsp3) is 0.942. The molecule has 0 aromatic heterocycles. The van der Waals surface area contributed by atoms with Gasteiger partial charge in [-0.25, -0.2) is 9.13 Å². The molecule has 17 nitrogen and oxygen atoms in total. The van der Waals surface area contributed by atoms with Crippen LogP contribution in [0.1, 0.15) is 350 Å². The Morgan fingerprint density at radius 3 is 0.864 bits per heavy atom. The Balaban J connectivity index is 5.22. The Morgan fingerprint density at radius 1 is 0.330 bits per heavy atom. The van der Waals surface area contributed by atoms with Crippen LogP contribution in [0.5, 0.6) is 0 Å². The van der Waals surface area contributed by atoms with E-state index in [1.165, 1.54) is 167 Å². The lowest BCUT2D eigenvalue weighted by atomic mass is 9.99. The van der Waals surface area contributed by atoms with Gasteiger partial charge >= 0.3 is 39.5 Å². The molecule has 0 saturated carbocycles. The lowest BCUT2D eigenvalue weighted by Gasteiger charge is -2.21. The second kappa shape index (κ2) is 61.3. The molecular weight excluding hydrogens is 1160 g/mol. The number of aliphatic hydroxyl groups is 1. The van der Waals surface area contributed by atoms with Gasteiger partial charge in [0.15, 0.2) is 12.2 Å². The van der Waals surface area contributed by atoms with Crippen LogP contribution in [0.15, 0.2) is 0 Å². The lowest BCUT2D eigenvalue weighted by Crippen LogP contribution is -2.30. The van der Waals surface area contributed by atoms with E-state index in [2.05, 4.69) is 41.5 Å². The highest BCUT2D eigenvalue weighted by atomic mass is 31.2. The first-order valence-corrected chi connectivity index (χ1v) is 39.0. The molecule has 0 rings (SSSR count). The zero-order valence-electron chi connectivity index (χ0n) is 57.0. The minimum Gasteiger partial charge on any atom is -0.462 e. The molecule has 0 aromatic rings. The van der Waals surface area contributed by atoms with Crippen molar-refractivity contribution < 1.29 is 80.2 Å². The topological polar surface area (TPSA) is 237 Å². The smallest absolute Gasteiger partial charge is 0.462 e. The monoisotopic (exact) mass is 1300 g/mol. The molecular formula is C69H134O17P2. The number of carbonyl (C=O) groups excluding carboxylic acids is 4. The van der Waals surface area contributed by atoms with Crippen LogP contribution in [0, 0.1) is 11.8 Å². The quantitative estimate of drug-likeness (QED) is 0.0222. The number of hydrogen-bond donors (Lipinski definition) is 3. The van der Waals surface area contributed by atoms with Crippen molar-refractivity contribution in [1.82, 2.24) is 0 Å². The lowest BCUT2D eigenvalue weighted by molar-refractivity contribution is -0.161. The summed E-state index contributed by atoms with van der Waals surface area (Å²) in [7, 11) is -9.89. The van der Waals surface area contributed by atoms with Gasteiger partial charge in [0.25, 0.3) is 0 Å². The highest BCUT2D eigenvalue weighted by molar-refractivity contribution is 7.47. The molecule has 0 aliphatic rings. The van der Waals surface area contributed by atoms with Crippen molar-refractivity contribution in [2.75, 3.05) is 39.6 Å². The summed E-state index contributed by atoms with van der Waals surface area (Å²) >= 11 is 0. The maximum absolute atomic E-state index is 13.0. The highest BCUT2D eigenvalue weighted by Gasteiger charge is 2.30. The van der Waals surface area contributed by atoms with Gasteiger partial charge in [-0.1, -0.05) is 298 Å². The highest BCUT2D eigenvalue weighted by Crippen LogP contribution is 2.45. The Labute approximate surface area is 537 Å². The molecule has 522 valence electrons. The Kier molecular flexibility index (Phi) is 59.9. The average molecular weight is 1300 g/mol. The molecule has 88 heavy (non-hydrogen) atoms. The van der Waals surface area contributed by atoms with E-state index < -0.39 is 97.5 Å². The number of hydrogen-bond acceptors (Lipinski definition) is 15. The molecule has 0 fully saturated rings. The van der Waals surface area contributed by atoms with Crippen molar-refractivity contribution in [2.45, 2.75) is 368 Å². The number of rotatable bonds is 68. The third kappa shape index (κ3) is 61.6. The number of phosphoric acid groups is 2. The maximum Gasteiger partial charge on any atom is 0.472 e. The summed E-state index contributed by atoms with van der Waals surface area (Å²) in [6, 6.07) is 0. The summed E-state index contributed by atoms with van der Waals surface area (Å²) in [5.41, 5.74) is 0. The molecule has 3 N–H and O–H groups in total. The summed E-state index contributed by atoms with van der Waals surface area (Å²) in [5, 5.41) is 10.6. The van der Waals surface area contributed by atoms with Crippen molar-refractivity contribution >= 4 is 39.5 Å². The van der Waals surface area contributed by atoms with Crippen LogP contribution < -0.4 is 0 Å². The van der Waals surface area contributed by atoms with Crippen LogP contribution in [-0.4, -0.2) is 96.7 Å². The molecule has 0 aromatic carbocycles. The number of ether oxygens (including phenoxy) is 4. The summed E-state index contributed by atoms with van der Waals surface area (Å²) < 4.78 is 68.2. The molecule has 0 aliphatic heterocycles. The molecule has 19 heteroatoms. The first kappa shape index (κ1) is 86.1. The second-order valence-corrected chi connectivity index (χ2v) is 28.5. The van der Waals surface area contributed by atoms with E-state index in [-0.39, 0.29) is 25.7 Å². The first-order chi connectivity index (χ1) is 42.4. The van der Waals surface area contributed by atoms with Crippen LogP contribution in [0.4, 0.5) is 0 Å². The average Bonchev–Trinajstić information content (AvgIpc) is 3.69. The fourth-order valence-corrected chi connectivity index (χ4v) is 12.0. The van der Waals surface area contributed by atoms with E-state index in [4.69, 9.17) is 37.0 Å². The van der Waals surface area contributed by atoms with Crippen molar-refractivity contribution in [2.24, 2.45) is 11.8 Å². The summed E-state index contributed by atoms with van der Waals surface area (Å²) in [6.07, 6.45) is 45.7. The van der Waals surface area contributed by atoms with Gasteiger partial charge in [0, 0.05) is 25.7 Å². The maximum atomic E-state index is 13.0. The zero-order chi connectivity index (χ0) is 65.0. The van der Waals surface area contributed by atoms with E-state index in [0.717, 1.165) is 102 Å². The van der Waals surface area contributed by atoms with Gasteiger partial charge in [0.1, 0.15) is 19.3 Å². The van der Waals surface area contributed by atoms with Crippen LogP contribution >= 0.6 is 15.6 Å². The van der Waals surface area contributed by atoms with Crippen LogP contribution in [-0.2, 0) is 65.4 Å². The molecule has 0 aliphatic carbocycles. The number of phosphoric ester groups is 2. The minimum absolute atomic E-state index is 0.106. The molecule has 0 spiro atoms. The van der Waals surface area contributed by atoms with Gasteiger partial charge < -0.3 is 33.8 Å². The molecule has 0 saturated heterocycles. The standard InChI is InChI=1S/C69H134O17P2/c1-7-10-12-14-16-25-33-39-45-51-66(71)79-57-64(85-68(73)53-47-41-35-26-17-15-13-11-8-2)59-83-87(75,76)81-55-63(70)56-82-88(77,78)84-60-65(58-80-67(72)52-46-40-34-29-24-23-28-32-38-44-50-62(6)9-3)86-69(74)54-48-42-36-30-22-20-18-19-21-27-31-37-43-49-61(4)5/h61-65,70H,7-60H2,1-6H3,(H,75,76)(H,77,78)/t62?,63-,64+,65+/m0/s1. The van der Waals surface area contributed by atoms with Crippen molar-refractivity contribution in [1.29, 1.82) is 0 Å². The number of aliphatic hydroxyl groups excluding tert-OH is 1. The van der Waals surface area contributed by atoms with E-state index in [9.17, 15) is 43.2 Å². The molecule has 3 unspecified atom stereocenters. The van der Waals surface area contributed by atoms with Crippen molar-refractivity contribution in [3.8, 4) is 0 Å². The number of unbranched alkanes of at least 4 members (excludes halogenated alkanes) is 37. The van der Waals surface area contributed by atoms with Gasteiger partial charge in [-0.05, 0) is 37.5 Å². The van der Waals surface area contributed by atoms with E-state index >= 15 is 0 Å². The molecule has 0 amide bonds. The molecule has 0 bridgehead atoms. The SMILES string of the molecule is CCCCCCCCCCCC(=O)OC[C@H](COP(=O)(O)OC[C@H](O)COP(=O)(O)OC[C@@H](COC(=O)CCCCCCCCCCCCC(C)CC)OC(=O)CCCCCCCCCCCCCCCC(C)C)OC(=O)CCCCCCCCCCC. The van der Waals surface area contributed by atoms with Gasteiger partial charge in [0.05, 0.1) is 26.4 Å². The summed E-state index contributed by atoms with van der Waals surface area (Å²) in [6.45, 7) is 9.55. The van der Waals surface area contributed by atoms with Crippen LogP contribution in [0.2, 0.25) is 0 Å². The third-order valence-electron chi connectivity index (χ3n) is 16.3. The fourth-order valence-electron chi connectivity index (χ4n) is 10.4. The van der Waals surface area contributed by atoms with Gasteiger partial charge in [-0.15, -0.1) is 0 Å². The van der Waals surface area contributed by atoms with Gasteiger partial charge in [-0.2, -0.15) is 0 Å². The van der Waals surface area contributed by atoms with Gasteiger partial charge in [0.2, 0.25) is 0 Å². The predicted octanol–water partition coefficient (Wildman–Crippen LogP) is 19.6. The number of carbonyl (C=O) groups is 4. The normalized spacial score (nSPS) is 14.5. The minimum atomic E-state index is -4.95. The number of esters is 4. The third-order valence-corrected chi connectivity index (χ3v) is 18.2. The summed E-state index contributed by atoms with van der Waals surface area (Å²) in [5.74, 6) is -0.531. The van der Waals surface area contributed by atoms with E-state index in [1.54, 1.807) is 0 Å². The van der Waals surface area contributed by atoms with E-state index in [0.29, 0.717) is 25.7 Å². The van der Waals surface area contributed by atoms with E-state index in [1.807, 2.05) is 0 Å². The first-order valence-electron chi connectivity index (χ1n) is 36.0. The zero-order valence-corrected chi connectivity index (χ0v) is 58.8. The van der Waals surface area contributed by atoms with Crippen molar-refractivity contribution in [3.63, 3.8) is 0 Å². The molecule has 0 heterocycles. The Bertz CT molecular complexity index is 1720. The second-order valence-electron chi connectivity index (χ2n) is 25.6. The molecule has 6 atom stereocenters. The largest absolute Gasteiger partial charge is 0.472 e. The Morgan fingerprint density at radius 2 is 0.580 bits per heavy atom. The predicted molar refractivity (Wildman–Crippen MR) is 354 cm³/mol.